The number of pyridine rings is 1. The van der Waals surface area contributed by atoms with Crippen molar-refractivity contribution in [3.8, 4) is 11.1 Å². The van der Waals surface area contributed by atoms with Gasteiger partial charge in [0.25, 0.3) is 0 Å². The number of hydrogen-bond acceptors (Lipinski definition) is 7. The molecule has 4 rings (SSSR count). The van der Waals surface area contributed by atoms with E-state index in [4.69, 9.17) is 9.47 Å². The van der Waals surface area contributed by atoms with Crippen LogP contribution in [0, 0.1) is 5.41 Å². The summed E-state index contributed by atoms with van der Waals surface area (Å²) in [5, 5.41) is 12.7. The Balaban J connectivity index is 1.58. The third-order valence-corrected chi connectivity index (χ3v) is 6.56. The lowest BCUT2D eigenvalue weighted by Gasteiger charge is -2.36. The summed E-state index contributed by atoms with van der Waals surface area (Å²) >= 11 is 1.40. The number of aromatic nitrogens is 3. The molecule has 1 fully saturated rings. The number of rotatable bonds is 8. The summed E-state index contributed by atoms with van der Waals surface area (Å²) in [4.78, 5) is 17.8. The maximum absolute atomic E-state index is 13.5. The predicted octanol–water partition coefficient (Wildman–Crippen LogP) is 3.77. The van der Waals surface area contributed by atoms with Crippen LogP contribution in [0.2, 0.25) is 0 Å². The molecule has 1 aliphatic rings. The second kappa shape index (κ2) is 10.1. The molecular formula is C23H26N4O3S. The van der Waals surface area contributed by atoms with Gasteiger partial charge in [-0.3, -0.25) is 9.78 Å². The lowest BCUT2D eigenvalue weighted by atomic mass is 9.73. The smallest absolute Gasteiger partial charge is 0.232 e. The van der Waals surface area contributed by atoms with E-state index in [1.54, 1.807) is 13.3 Å². The zero-order chi connectivity index (χ0) is 21.5. The monoisotopic (exact) mass is 438 g/mol. The van der Waals surface area contributed by atoms with Crippen molar-refractivity contribution in [3.63, 3.8) is 0 Å². The van der Waals surface area contributed by atoms with Gasteiger partial charge in [0.2, 0.25) is 11.0 Å². The molecule has 0 bridgehead atoms. The highest BCUT2D eigenvalue weighted by Crippen LogP contribution is 2.38. The van der Waals surface area contributed by atoms with Crippen molar-refractivity contribution in [1.29, 1.82) is 0 Å². The SMILES string of the molecule is COCCc1nnc(NC(=O)C2(Cc3ccccc3-c3cccnc3)CCOCC2)s1. The van der Waals surface area contributed by atoms with E-state index in [9.17, 15) is 4.79 Å². The zero-order valence-electron chi connectivity index (χ0n) is 17.5. The predicted molar refractivity (Wildman–Crippen MR) is 120 cm³/mol. The van der Waals surface area contributed by atoms with Crippen LogP contribution >= 0.6 is 11.3 Å². The van der Waals surface area contributed by atoms with Crippen molar-refractivity contribution in [2.75, 3.05) is 32.2 Å². The van der Waals surface area contributed by atoms with Crippen LogP contribution in [0.15, 0.2) is 48.8 Å². The molecule has 2 aromatic heterocycles. The van der Waals surface area contributed by atoms with Crippen LogP contribution in [0.3, 0.4) is 0 Å². The largest absolute Gasteiger partial charge is 0.384 e. The summed E-state index contributed by atoms with van der Waals surface area (Å²) < 4.78 is 10.7. The topological polar surface area (TPSA) is 86.2 Å². The van der Waals surface area contributed by atoms with Gasteiger partial charge in [0.15, 0.2) is 0 Å². The van der Waals surface area contributed by atoms with Crippen molar-refractivity contribution in [2.45, 2.75) is 25.7 Å². The lowest BCUT2D eigenvalue weighted by molar-refractivity contribution is -0.131. The number of nitrogens with one attached hydrogen (secondary N) is 1. The minimum Gasteiger partial charge on any atom is -0.384 e. The highest BCUT2D eigenvalue weighted by atomic mass is 32.1. The van der Waals surface area contributed by atoms with Crippen molar-refractivity contribution in [3.05, 3.63) is 59.4 Å². The highest BCUT2D eigenvalue weighted by molar-refractivity contribution is 7.15. The summed E-state index contributed by atoms with van der Waals surface area (Å²) in [6.07, 6.45) is 6.26. The number of carbonyl (C=O) groups is 1. The van der Waals surface area contributed by atoms with Gasteiger partial charge in [-0.1, -0.05) is 41.7 Å². The normalized spacial score (nSPS) is 15.5. The molecule has 0 atom stereocenters. The van der Waals surface area contributed by atoms with Crippen LogP contribution in [0.25, 0.3) is 11.1 Å². The summed E-state index contributed by atoms with van der Waals surface area (Å²) in [5.74, 6) is -0.0220. The molecule has 1 aliphatic heterocycles. The molecule has 0 aliphatic carbocycles. The number of carbonyl (C=O) groups excluding carboxylic acids is 1. The second-order valence-corrected chi connectivity index (χ2v) is 8.73. The fraction of sp³-hybridized carbons (Fsp3) is 0.391. The van der Waals surface area contributed by atoms with Crippen LogP contribution in [-0.4, -0.2) is 48.0 Å². The van der Waals surface area contributed by atoms with E-state index in [0.29, 0.717) is 50.6 Å². The fourth-order valence-electron chi connectivity index (χ4n) is 3.91. The highest BCUT2D eigenvalue weighted by Gasteiger charge is 2.41. The Labute approximate surface area is 185 Å². The molecular weight excluding hydrogens is 412 g/mol. The number of hydrogen-bond donors (Lipinski definition) is 1. The number of benzene rings is 1. The van der Waals surface area contributed by atoms with Gasteiger partial charge in [-0.2, -0.15) is 0 Å². The van der Waals surface area contributed by atoms with Crippen LogP contribution in [0.1, 0.15) is 23.4 Å². The van der Waals surface area contributed by atoms with Crippen LogP contribution in [0.4, 0.5) is 5.13 Å². The first-order chi connectivity index (χ1) is 15.2. The third-order valence-electron chi connectivity index (χ3n) is 5.66. The van der Waals surface area contributed by atoms with Gasteiger partial charge in [0.05, 0.1) is 12.0 Å². The van der Waals surface area contributed by atoms with Crippen LogP contribution in [-0.2, 0) is 27.1 Å². The molecule has 8 heteroatoms. The van der Waals surface area contributed by atoms with Crippen molar-refractivity contribution in [1.82, 2.24) is 15.2 Å². The minimum atomic E-state index is -0.561. The Kier molecular flexibility index (Phi) is 7.01. The molecule has 1 aromatic carbocycles. The second-order valence-electron chi connectivity index (χ2n) is 7.67. The van der Waals surface area contributed by atoms with E-state index in [0.717, 1.165) is 21.7 Å². The first kappa shape index (κ1) is 21.5. The molecule has 3 aromatic rings. The number of ether oxygens (including phenoxy) is 2. The molecule has 1 amide bonds. The maximum atomic E-state index is 13.5. The summed E-state index contributed by atoms with van der Waals surface area (Å²) in [6.45, 7) is 1.71. The standard InChI is InChI=1S/C23H26N4O3S/c1-29-12-8-20-26-27-22(31-20)25-21(28)23(9-13-30-14-10-23)15-17-5-2-3-7-19(17)18-6-4-11-24-16-18/h2-7,11,16H,8-10,12-15H2,1H3,(H,25,27,28). The van der Waals surface area contributed by atoms with Crippen molar-refractivity contribution in [2.24, 2.45) is 5.41 Å². The first-order valence-electron chi connectivity index (χ1n) is 10.4. The number of anilines is 1. The average Bonchev–Trinajstić information content (AvgIpc) is 3.26. The van der Waals surface area contributed by atoms with Gasteiger partial charge in [0.1, 0.15) is 5.01 Å². The molecule has 7 nitrogen and oxygen atoms in total. The maximum Gasteiger partial charge on any atom is 0.232 e. The summed E-state index contributed by atoms with van der Waals surface area (Å²) in [5.41, 5.74) is 2.72. The van der Waals surface area contributed by atoms with Gasteiger partial charge in [-0.05, 0) is 36.5 Å². The first-order valence-corrected chi connectivity index (χ1v) is 11.2. The quantitative estimate of drug-likeness (QED) is 0.576. The zero-order valence-corrected chi connectivity index (χ0v) is 18.4. The molecule has 31 heavy (non-hydrogen) atoms. The summed E-state index contributed by atoms with van der Waals surface area (Å²) in [7, 11) is 1.65. The molecule has 0 spiro atoms. The van der Waals surface area contributed by atoms with E-state index in [2.05, 4.69) is 32.6 Å². The molecule has 162 valence electrons. The van der Waals surface area contributed by atoms with Crippen molar-refractivity contribution < 1.29 is 14.3 Å². The average molecular weight is 439 g/mol. The Morgan fingerprint density at radius 3 is 2.81 bits per heavy atom. The van der Waals surface area contributed by atoms with Crippen molar-refractivity contribution >= 4 is 22.4 Å². The minimum absolute atomic E-state index is 0.0220. The molecule has 0 radical (unpaired) electrons. The van der Waals surface area contributed by atoms with E-state index < -0.39 is 5.41 Å². The van der Waals surface area contributed by atoms with Gasteiger partial charge >= 0.3 is 0 Å². The molecule has 1 N–H and O–H groups in total. The van der Waals surface area contributed by atoms with Gasteiger partial charge in [0, 0.05) is 44.7 Å². The number of nitrogens with zero attached hydrogens (tertiary/aromatic N) is 3. The Bertz CT molecular complexity index is 1000. The summed E-state index contributed by atoms with van der Waals surface area (Å²) in [6, 6.07) is 12.2. The van der Waals surface area contributed by atoms with E-state index >= 15 is 0 Å². The van der Waals surface area contributed by atoms with E-state index in [1.165, 1.54) is 11.3 Å². The van der Waals surface area contributed by atoms with Gasteiger partial charge in [-0.25, -0.2) is 0 Å². The van der Waals surface area contributed by atoms with Gasteiger partial charge < -0.3 is 14.8 Å². The lowest BCUT2D eigenvalue weighted by Crippen LogP contribution is -2.42. The Morgan fingerprint density at radius 1 is 1.19 bits per heavy atom. The number of amides is 1. The molecule has 3 heterocycles. The number of methoxy groups -OCH3 is 1. The van der Waals surface area contributed by atoms with E-state index in [1.807, 2.05) is 30.5 Å². The Hall–Kier alpha value is -2.68. The van der Waals surface area contributed by atoms with Crippen LogP contribution < -0.4 is 5.32 Å². The van der Waals surface area contributed by atoms with Gasteiger partial charge in [-0.15, -0.1) is 10.2 Å². The van der Waals surface area contributed by atoms with Crippen LogP contribution in [0.5, 0.6) is 0 Å². The molecule has 0 saturated carbocycles. The fourth-order valence-corrected chi connectivity index (χ4v) is 4.63. The Morgan fingerprint density at radius 2 is 2.03 bits per heavy atom. The van der Waals surface area contributed by atoms with E-state index in [-0.39, 0.29) is 5.91 Å². The molecule has 0 unspecified atom stereocenters. The molecule has 1 saturated heterocycles. The third kappa shape index (κ3) is 5.15.